The second kappa shape index (κ2) is 9.81. The lowest BCUT2D eigenvalue weighted by Crippen LogP contribution is -2.57. The quantitative estimate of drug-likeness (QED) is 0.510. The molecule has 2 aromatic heterocycles. The summed E-state index contributed by atoms with van der Waals surface area (Å²) in [6, 6.07) is 5.23. The Morgan fingerprint density at radius 1 is 1.17 bits per heavy atom. The molecule has 1 aromatic carbocycles. The van der Waals surface area contributed by atoms with E-state index in [1.807, 2.05) is 25.7 Å². The molecule has 12 heteroatoms. The van der Waals surface area contributed by atoms with Gasteiger partial charge in [-0.3, -0.25) is 9.47 Å². The van der Waals surface area contributed by atoms with Crippen LogP contribution in [0.1, 0.15) is 38.2 Å². The van der Waals surface area contributed by atoms with Crippen LogP contribution in [0.4, 0.5) is 19.0 Å². The molecule has 4 rings (SSSR count). The van der Waals surface area contributed by atoms with Crippen molar-refractivity contribution in [1.29, 1.82) is 5.26 Å². The molecule has 1 unspecified atom stereocenters. The zero-order valence-electron chi connectivity index (χ0n) is 20.7. The molecule has 1 fully saturated rings. The molecule has 36 heavy (non-hydrogen) atoms. The van der Waals surface area contributed by atoms with Crippen molar-refractivity contribution in [3.05, 3.63) is 45.9 Å². The minimum Gasteiger partial charge on any atom is -0.434 e. The average molecular weight is 504 g/mol. The van der Waals surface area contributed by atoms with Gasteiger partial charge in [-0.1, -0.05) is 6.07 Å². The van der Waals surface area contributed by atoms with Crippen LogP contribution in [0, 0.1) is 17.1 Å². The zero-order valence-corrected chi connectivity index (χ0v) is 20.7. The first-order valence-corrected chi connectivity index (χ1v) is 11.6. The van der Waals surface area contributed by atoms with Crippen molar-refractivity contribution in [2.24, 2.45) is 14.1 Å². The fourth-order valence-electron chi connectivity index (χ4n) is 5.03. The molecular formula is C24H28F3N7O2. The van der Waals surface area contributed by atoms with Crippen molar-refractivity contribution >= 4 is 17.0 Å². The number of hydrogen-bond donors (Lipinski definition) is 0. The van der Waals surface area contributed by atoms with Crippen molar-refractivity contribution in [3.8, 4) is 11.8 Å². The summed E-state index contributed by atoms with van der Waals surface area (Å²) in [5, 5.41) is 9.17. The van der Waals surface area contributed by atoms with Gasteiger partial charge in [-0.05, 0) is 26.8 Å². The number of nitrogens with zero attached hydrogens (tertiary/aromatic N) is 7. The van der Waals surface area contributed by atoms with E-state index in [0.29, 0.717) is 41.5 Å². The molecule has 1 aliphatic rings. The smallest absolute Gasteiger partial charge is 0.387 e. The molecule has 3 heterocycles. The van der Waals surface area contributed by atoms with Crippen LogP contribution in [0.5, 0.6) is 5.75 Å². The third kappa shape index (κ3) is 4.51. The summed E-state index contributed by atoms with van der Waals surface area (Å²) in [5.41, 5.74) is 1.14. The maximum atomic E-state index is 13.7. The molecule has 3 aromatic rings. The highest BCUT2D eigenvalue weighted by Gasteiger charge is 2.36. The van der Waals surface area contributed by atoms with E-state index in [4.69, 9.17) is 0 Å². The maximum absolute atomic E-state index is 13.7. The minimum absolute atomic E-state index is 0.0798. The molecule has 192 valence electrons. The molecule has 1 aliphatic heterocycles. The molecule has 9 nitrogen and oxygen atoms in total. The lowest BCUT2D eigenvalue weighted by Gasteiger charge is -2.47. The molecular weight excluding hydrogens is 475 g/mol. The average Bonchev–Trinajstić information content (AvgIpc) is 3.13. The number of rotatable bonds is 6. The molecule has 1 saturated heterocycles. The van der Waals surface area contributed by atoms with Gasteiger partial charge in [0.2, 0.25) is 0 Å². The van der Waals surface area contributed by atoms with Crippen molar-refractivity contribution in [3.63, 3.8) is 0 Å². The third-order valence-corrected chi connectivity index (χ3v) is 6.86. The Morgan fingerprint density at radius 3 is 2.56 bits per heavy atom. The molecule has 0 bridgehead atoms. The number of ether oxygens (including phenoxy) is 1. The summed E-state index contributed by atoms with van der Waals surface area (Å²) in [4.78, 5) is 25.8. The van der Waals surface area contributed by atoms with Gasteiger partial charge >= 0.3 is 12.3 Å². The number of aryl methyl sites for hydroxylation is 2. The van der Waals surface area contributed by atoms with Gasteiger partial charge < -0.3 is 14.2 Å². The molecule has 3 atom stereocenters. The van der Waals surface area contributed by atoms with Crippen molar-refractivity contribution < 1.29 is 17.9 Å². The van der Waals surface area contributed by atoms with Crippen LogP contribution in [-0.2, 0) is 20.5 Å². The summed E-state index contributed by atoms with van der Waals surface area (Å²) < 4.78 is 47.4. The van der Waals surface area contributed by atoms with Gasteiger partial charge in [0, 0.05) is 56.9 Å². The lowest BCUT2D eigenvalue weighted by molar-refractivity contribution is -0.0515. The highest BCUT2D eigenvalue weighted by molar-refractivity contribution is 5.84. The highest BCUT2D eigenvalue weighted by atomic mass is 19.3. The number of aromatic nitrogens is 4. The standard InChI is InChI=1S/C24H28F3N7O2/c1-13-12-34(21-20-22(32(5)24(35)30-21)31(4)19(29-20)8-9-28)14(2)11-33(13)15(3)17-7-6-16(25)10-18(17)36-23(26)27/h6-7,10,13-15,23H,8,11-12H2,1-5H3/t13-,14+,15?/m1/s1. The minimum atomic E-state index is -3.07. The Morgan fingerprint density at radius 2 is 1.89 bits per heavy atom. The first kappa shape index (κ1) is 25.5. The Hall–Kier alpha value is -3.59. The Kier molecular flexibility index (Phi) is 6.95. The Balaban J connectivity index is 1.68. The van der Waals surface area contributed by atoms with Crippen LogP contribution >= 0.6 is 0 Å². The first-order valence-electron chi connectivity index (χ1n) is 11.6. The van der Waals surface area contributed by atoms with Gasteiger partial charge in [-0.25, -0.2) is 14.2 Å². The third-order valence-electron chi connectivity index (χ3n) is 6.86. The number of hydrogen-bond acceptors (Lipinski definition) is 7. The summed E-state index contributed by atoms with van der Waals surface area (Å²) >= 11 is 0. The van der Waals surface area contributed by atoms with Crippen LogP contribution < -0.4 is 15.3 Å². The largest absolute Gasteiger partial charge is 0.434 e. The predicted molar refractivity (Wildman–Crippen MR) is 127 cm³/mol. The number of halogens is 3. The number of anilines is 1. The number of piperazine rings is 1. The molecule has 0 amide bonds. The Bertz CT molecular complexity index is 1380. The van der Waals surface area contributed by atoms with E-state index in [1.54, 1.807) is 18.7 Å². The monoisotopic (exact) mass is 503 g/mol. The van der Waals surface area contributed by atoms with Crippen molar-refractivity contribution in [2.75, 3.05) is 18.0 Å². The van der Waals surface area contributed by atoms with Gasteiger partial charge in [-0.2, -0.15) is 19.0 Å². The van der Waals surface area contributed by atoms with Gasteiger partial charge in [0.05, 0.1) is 12.5 Å². The number of nitriles is 1. The number of alkyl halides is 2. The predicted octanol–water partition coefficient (Wildman–Crippen LogP) is 3.13. The molecule has 0 saturated carbocycles. The second-order valence-corrected chi connectivity index (χ2v) is 9.15. The topological polar surface area (TPSA) is 92.2 Å². The zero-order chi connectivity index (χ0) is 26.3. The summed E-state index contributed by atoms with van der Waals surface area (Å²) in [5.74, 6) is 0.142. The van der Waals surface area contributed by atoms with Gasteiger partial charge in [0.1, 0.15) is 28.6 Å². The summed E-state index contributed by atoms with van der Waals surface area (Å²) in [6.45, 7) is 3.78. The summed E-state index contributed by atoms with van der Waals surface area (Å²) in [6.07, 6.45) is 0.0940. The Labute approximate surface area is 206 Å². The number of benzene rings is 1. The van der Waals surface area contributed by atoms with Crippen LogP contribution in [-0.4, -0.2) is 55.8 Å². The van der Waals surface area contributed by atoms with Crippen molar-refractivity contribution in [2.45, 2.75) is 51.9 Å². The van der Waals surface area contributed by atoms with Crippen molar-refractivity contribution in [1.82, 2.24) is 24.0 Å². The number of fused-ring (bicyclic) bond motifs is 1. The fraction of sp³-hybridized carbons (Fsp3) is 0.500. The van der Waals surface area contributed by atoms with Crippen LogP contribution in [0.2, 0.25) is 0 Å². The van der Waals surface area contributed by atoms with E-state index in [0.717, 1.165) is 6.07 Å². The van der Waals surface area contributed by atoms with E-state index in [-0.39, 0.29) is 30.3 Å². The van der Waals surface area contributed by atoms with Gasteiger partial charge in [-0.15, -0.1) is 0 Å². The molecule has 0 aliphatic carbocycles. The lowest BCUT2D eigenvalue weighted by atomic mass is 10.00. The van der Waals surface area contributed by atoms with Crippen LogP contribution in [0.25, 0.3) is 11.2 Å². The molecule has 0 spiro atoms. The van der Waals surface area contributed by atoms with E-state index in [2.05, 4.69) is 25.7 Å². The van der Waals surface area contributed by atoms with Gasteiger partial charge in [0.15, 0.2) is 5.82 Å². The normalized spacial score (nSPS) is 19.6. The van der Waals surface area contributed by atoms with E-state index >= 15 is 0 Å². The molecule has 0 N–H and O–H groups in total. The number of imidazole rings is 1. The van der Waals surface area contributed by atoms with E-state index in [1.165, 1.54) is 16.7 Å². The maximum Gasteiger partial charge on any atom is 0.387 e. The van der Waals surface area contributed by atoms with Crippen LogP contribution in [0.3, 0.4) is 0 Å². The molecule has 0 radical (unpaired) electrons. The SMILES string of the molecule is CC(c1ccc(F)cc1OC(F)F)N1C[C@H](C)N(c2nc(=O)n(C)c3c2nc(CC#N)n3C)C[C@H]1C. The fourth-order valence-corrected chi connectivity index (χ4v) is 5.03. The van der Waals surface area contributed by atoms with E-state index < -0.39 is 18.1 Å². The first-order chi connectivity index (χ1) is 17.0. The van der Waals surface area contributed by atoms with E-state index in [9.17, 15) is 23.2 Å². The highest BCUT2D eigenvalue weighted by Crippen LogP contribution is 2.35. The summed E-state index contributed by atoms with van der Waals surface area (Å²) in [7, 11) is 3.38. The van der Waals surface area contributed by atoms with Gasteiger partial charge in [0.25, 0.3) is 0 Å². The van der Waals surface area contributed by atoms with Crippen LogP contribution in [0.15, 0.2) is 23.0 Å². The second-order valence-electron chi connectivity index (χ2n) is 9.15.